The Morgan fingerprint density at radius 2 is 1.93 bits per heavy atom. The van der Waals surface area contributed by atoms with E-state index in [-0.39, 0.29) is 11.5 Å². The normalized spacial score (nSPS) is 57.7. The number of allylic oxidation sites excluding steroid dienone is 1. The summed E-state index contributed by atoms with van der Waals surface area (Å²) in [5.41, 5.74) is 0.642. The molecule has 1 N–H and O–H groups in total. The van der Waals surface area contributed by atoms with Crippen LogP contribution in [0.4, 0.5) is 0 Å². The standard InChI is InChI=1S/C14H22O/c1-4-5-6-12(15)13(2)9-7-10-11(8-9)14(10,13)3/h5-6,9-12,15H,4,7-8H2,1-3H3. The lowest BCUT2D eigenvalue weighted by Crippen LogP contribution is -2.38. The fourth-order valence-electron chi connectivity index (χ4n) is 4.98. The van der Waals surface area contributed by atoms with Gasteiger partial charge in [0.05, 0.1) is 6.10 Å². The first kappa shape index (κ1) is 9.89. The summed E-state index contributed by atoms with van der Waals surface area (Å²) in [5, 5.41) is 10.4. The predicted molar refractivity (Wildman–Crippen MR) is 61.4 cm³/mol. The lowest BCUT2D eigenvalue weighted by atomic mass is 9.69. The Kier molecular flexibility index (Phi) is 1.77. The Bertz CT molecular complexity index is 307. The van der Waals surface area contributed by atoms with E-state index in [9.17, 15) is 5.11 Å². The van der Waals surface area contributed by atoms with Crippen LogP contribution in [0.15, 0.2) is 12.2 Å². The van der Waals surface area contributed by atoms with Gasteiger partial charge < -0.3 is 5.11 Å². The molecule has 84 valence electrons. The molecule has 4 atom stereocenters. The molecular formula is C14H22O. The topological polar surface area (TPSA) is 20.2 Å². The third-order valence-electron chi connectivity index (χ3n) is 6.17. The smallest absolute Gasteiger partial charge is 0.0782 e. The first-order chi connectivity index (χ1) is 7.06. The third-order valence-corrected chi connectivity index (χ3v) is 6.17. The van der Waals surface area contributed by atoms with Gasteiger partial charge in [-0.05, 0) is 42.4 Å². The van der Waals surface area contributed by atoms with Crippen LogP contribution in [0.25, 0.3) is 0 Å². The van der Waals surface area contributed by atoms with Crippen molar-refractivity contribution < 1.29 is 5.11 Å². The molecule has 0 aromatic rings. The van der Waals surface area contributed by atoms with Gasteiger partial charge in [0.15, 0.2) is 0 Å². The second-order valence-electron chi connectivity index (χ2n) is 6.23. The van der Waals surface area contributed by atoms with Gasteiger partial charge in [-0.25, -0.2) is 0 Å². The van der Waals surface area contributed by atoms with Crippen molar-refractivity contribution in [3.8, 4) is 0 Å². The van der Waals surface area contributed by atoms with Gasteiger partial charge >= 0.3 is 0 Å². The maximum Gasteiger partial charge on any atom is 0.0782 e. The van der Waals surface area contributed by atoms with Crippen molar-refractivity contribution >= 4 is 0 Å². The van der Waals surface area contributed by atoms with Gasteiger partial charge in [-0.2, -0.15) is 0 Å². The molecule has 0 spiro atoms. The van der Waals surface area contributed by atoms with E-state index >= 15 is 0 Å². The summed E-state index contributed by atoms with van der Waals surface area (Å²) in [4.78, 5) is 0. The predicted octanol–water partition coefficient (Wildman–Crippen LogP) is 3.00. The van der Waals surface area contributed by atoms with E-state index in [1.807, 2.05) is 6.08 Å². The Balaban J connectivity index is 1.89. The number of aliphatic hydroxyl groups is 1. The molecule has 0 aromatic carbocycles. The minimum absolute atomic E-state index is 0.175. The average Bonchev–Trinajstić information content (AvgIpc) is 2.62. The number of aliphatic hydroxyl groups excluding tert-OH is 1. The molecule has 1 heteroatoms. The summed E-state index contributed by atoms with van der Waals surface area (Å²) in [5.74, 6) is 2.67. The zero-order valence-electron chi connectivity index (χ0n) is 10.0. The largest absolute Gasteiger partial charge is 0.388 e. The highest BCUT2D eigenvalue weighted by Gasteiger charge is 2.82. The van der Waals surface area contributed by atoms with Gasteiger partial charge in [-0.1, -0.05) is 32.9 Å². The summed E-state index contributed by atoms with van der Waals surface area (Å²) >= 11 is 0. The summed E-state index contributed by atoms with van der Waals surface area (Å²) in [7, 11) is 0. The second-order valence-corrected chi connectivity index (χ2v) is 6.23. The van der Waals surface area contributed by atoms with Gasteiger partial charge in [0.25, 0.3) is 0 Å². The molecule has 0 amide bonds. The van der Waals surface area contributed by atoms with Crippen molar-refractivity contribution in [2.24, 2.45) is 28.6 Å². The molecule has 0 radical (unpaired) electrons. The quantitative estimate of drug-likeness (QED) is 0.704. The average molecular weight is 206 g/mol. The molecular weight excluding hydrogens is 184 g/mol. The van der Waals surface area contributed by atoms with Gasteiger partial charge in [0.1, 0.15) is 0 Å². The molecule has 4 fully saturated rings. The second kappa shape index (κ2) is 2.68. The van der Waals surface area contributed by atoms with Crippen LogP contribution in [0.1, 0.15) is 40.0 Å². The van der Waals surface area contributed by atoms with E-state index in [1.54, 1.807) is 0 Å². The molecule has 0 aliphatic heterocycles. The molecule has 4 bridgehead atoms. The van der Waals surface area contributed by atoms with Crippen LogP contribution in [0.3, 0.4) is 0 Å². The van der Waals surface area contributed by atoms with Crippen LogP contribution in [-0.4, -0.2) is 11.2 Å². The minimum Gasteiger partial charge on any atom is -0.388 e. The van der Waals surface area contributed by atoms with Crippen molar-refractivity contribution in [2.45, 2.75) is 46.1 Å². The molecule has 4 aliphatic carbocycles. The van der Waals surface area contributed by atoms with Gasteiger partial charge in [-0.15, -0.1) is 0 Å². The van der Waals surface area contributed by atoms with E-state index < -0.39 is 0 Å². The molecule has 1 nitrogen and oxygen atoms in total. The summed E-state index contributed by atoms with van der Waals surface area (Å²) in [6, 6.07) is 0. The fraction of sp³-hybridized carbons (Fsp3) is 0.857. The highest BCUT2D eigenvalue weighted by molar-refractivity contribution is 5.31. The first-order valence-electron chi connectivity index (χ1n) is 6.41. The van der Waals surface area contributed by atoms with Crippen LogP contribution in [0.2, 0.25) is 0 Å². The number of rotatable bonds is 3. The Labute approximate surface area is 92.6 Å². The number of hydrogen-bond acceptors (Lipinski definition) is 1. The monoisotopic (exact) mass is 206 g/mol. The van der Waals surface area contributed by atoms with Crippen LogP contribution >= 0.6 is 0 Å². The molecule has 0 saturated heterocycles. The van der Waals surface area contributed by atoms with Crippen molar-refractivity contribution in [1.82, 2.24) is 0 Å². The molecule has 15 heavy (non-hydrogen) atoms. The lowest BCUT2D eigenvalue weighted by molar-refractivity contribution is 0.0125. The maximum absolute atomic E-state index is 10.4. The Morgan fingerprint density at radius 3 is 2.33 bits per heavy atom. The van der Waals surface area contributed by atoms with E-state index in [2.05, 4.69) is 26.8 Å². The fourth-order valence-corrected chi connectivity index (χ4v) is 4.98. The zero-order chi connectivity index (χ0) is 10.8. The SMILES string of the molecule is CCC=CC(O)C1(C)C2CC3C(C2)C31C. The highest BCUT2D eigenvalue weighted by Crippen LogP contribution is 2.86. The van der Waals surface area contributed by atoms with Gasteiger partial charge in [0.2, 0.25) is 0 Å². The molecule has 0 heterocycles. The molecule has 4 saturated carbocycles. The summed E-state index contributed by atoms with van der Waals surface area (Å²) in [6.07, 6.45) is 7.74. The van der Waals surface area contributed by atoms with Crippen molar-refractivity contribution in [3.63, 3.8) is 0 Å². The molecule has 4 rings (SSSR count). The highest BCUT2D eigenvalue weighted by atomic mass is 16.3. The van der Waals surface area contributed by atoms with Gasteiger partial charge in [-0.3, -0.25) is 0 Å². The van der Waals surface area contributed by atoms with E-state index in [1.165, 1.54) is 12.8 Å². The molecule has 4 aliphatic rings. The van der Waals surface area contributed by atoms with Crippen LogP contribution in [-0.2, 0) is 0 Å². The van der Waals surface area contributed by atoms with Crippen LogP contribution in [0, 0.1) is 28.6 Å². The minimum atomic E-state index is -0.218. The number of hydrogen-bond donors (Lipinski definition) is 1. The first-order valence-corrected chi connectivity index (χ1v) is 6.41. The molecule has 4 unspecified atom stereocenters. The van der Waals surface area contributed by atoms with E-state index in [4.69, 9.17) is 0 Å². The van der Waals surface area contributed by atoms with Crippen LogP contribution < -0.4 is 0 Å². The Morgan fingerprint density at radius 1 is 1.33 bits per heavy atom. The van der Waals surface area contributed by atoms with Crippen LogP contribution in [0.5, 0.6) is 0 Å². The zero-order valence-corrected chi connectivity index (χ0v) is 10.0. The summed E-state index contributed by atoms with van der Waals surface area (Å²) in [6.45, 7) is 6.87. The van der Waals surface area contributed by atoms with E-state index in [0.29, 0.717) is 5.41 Å². The molecule has 0 aromatic heterocycles. The Hall–Kier alpha value is -0.300. The van der Waals surface area contributed by atoms with Crippen molar-refractivity contribution in [1.29, 1.82) is 0 Å². The summed E-state index contributed by atoms with van der Waals surface area (Å²) < 4.78 is 0. The van der Waals surface area contributed by atoms with Gasteiger partial charge in [0, 0.05) is 5.41 Å². The third kappa shape index (κ3) is 0.860. The lowest BCUT2D eigenvalue weighted by Gasteiger charge is -2.37. The van der Waals surface area contributed by atoms with Crippen molar-refractivity contribution in [2.75, 3.05) is 0 Å². The van der Waals surface area contributed by atoms with E-state index in [0.717, 1.165) is 24.2 Å². The maximum atomic E-state index is 10.4. The van der Waals surface area contributed by atoms with Crippen molar-refractivity contribution in [3.05, 3.63) is 12.2 Å².